The van der Waals surface area contributed by atoms with Crippen LogP contribution in [0.15, 0.2) is 24.3 Å². The molecule has 0 aliphatic heterocycles. The van der Waals surface area contributed by atoms with Crippen LogP contribution in [-0.4, -0.2) is 35.2 Å². The minimum Gasteiger partial charge on any atom is -0.394 e. The Morgan fingerprint density at radius 3 is 2.71 bits per heavy atom. The van der Waals surface area contributed by atoms with Crippen molar-refractivity contribution in [1.29, 1.82) is 0 Å². The summed E-state index contributed by atoms with van der Waals surface area (Å²) in [6.07, 6.45) is 0. The molecule has 0 saturated carbocycles. The highest BCUT2D eigenvalue weighted by atomic mass is 35.5. The fraction of sp³-hybridized carbons (Fsp3) is 0.417. The van der Waals surface area contributed by atoms with Crippen molar-refractivity contribution in [3.05, 3.63) is 29.3 Å². The van der Waals surface area contributed by atoms with E-state index in [1.165, 1.54) is 4.90 Å². The highest BCUT2D eigenvalue weighted by Crippen LogP contribution is 2.17. The SMILES string of the molecule is CN(C(=O)Nc1cccc(Cl)c1)C(C)(C)CO. The predicted octanol–water partition coefficient (Wildman–Crippen LogP) is 2.57. The summed E-state index contributed by atoms with van der Waals surface area (Å²) in [5.74, 6) is 0. The third kappa shape index (κ3) is 3.61. The lowest BCUT2D eigenvalue weighted by Gasteiger charge is -2.33. The first-order chi connectivity index (χ1) is 7.86. The van der Waals surface area contributed by atoms with Gasteiger partial charge in [-0.3, -0.25) is 0 Å². The normalized spacial score (nSPS) is 11.1. The number of rotatable bonds is 3. The van der Waals surface area contributed by atoms with Gasteiger partial charge in [0.2, 0.25) is 0 Å². The van der Waals surface area contributed by atoms with Gasteiger partial charge in [-0.25, -0.2) is 4.79 Å². The van der Waals surface area contributed by atoms with Gasteiger partial charge in [-0.15, -0.1) is 0 Å². The summed E-state index contributed by atoms with van der Waals surface area (Å²) in [6, 6.07) is 6.63. The molecule has 0 aliphatic rings. The molecule has 2 amide bonds. The Bertz CT molecular complexity index is 407. The fourth-order valence-corrected chi connectivity index (χ4v) is 1.34. The van der Waals surface area contributed by atoms with Gasteiger partial charge in [-0.2, -0.15) is 0 Å². The summed E-state index contributed by atoms with van der Waals surface area (Å²) in [6.45, 7) is 3.46. The van der Waals surface area contributed by atoms with Crippen molar-refractivity contribution in [1.82, 2.24) is 4.90 Å². The molecule has 0 bridgehead atoms. The number of halogens is 1. The van der Waals surface area contributed by atoms with Crippen LogP contribution in [0, 0.1) is 0 Å². The van der Waals surface area contributed by atoms with Crippen molar-refractivity contribution < 1.29 is 9.90 Å². The Kier molecular flexibility index (Phi) is 4.37. The van der Waals surface area contributed by atoms with E-state index in [0.29, 0.717) is 10.7 Å². The molecule has 0 aliphatic carbocycles. The maximum Gasteiger partial charge on any atom is 0.322 e. The zero-order valence-electron chi connectivity index (χ0n) is 10.2. The van der Waals surface area contributed by atoms with Crippen LogP contribution in [0.5, 0.6) is 0 Å². The van der Waals surface area contributed by atoms with Crippen molar-refractivity contribution in [3.8, 4) is 0 Å². The number of carbonyl (C=O) groups excluding carboxylic acids is 1. The van der Waals surface area contributed by atoms with Crippen molar-refractivity contribution in [3.63, 3.8) is 0 Å². The fourth-order valence-electron chi connectivity index (χ4n) is 1.15. The van der Waals surface area contributed by atoms with Crippen LogP contribution in [0.1, 0.15) is 13.8 Å². The minimum atomic E-state index is -0.608. The van der Waals surface area contributed by atoms with Gasteiger partial charge in [0.05, 0.1) is 12.1 Å². The Balaban J connectivity index is 2.73. The number of carbonyl (C=O) groups is 1. The number of urea groups is 1. The van der Waals surface area contributed by atoms with E-state index < -0.39 is 5.54 Å². The number of hydrogen-bond acceptors (Lipinski definition) is 2. The first-order valence-corrected chi connectivity index (χ1v) is 5.66. The van der Waals surface area contributed by atoms with E-state index in [0.717, 1.165) is 0 Å². The molecule has 0 spiro atoms. The molecule has 1 aromatic carbocycles. The largest absolute Gasteiger partial charge is 0.394 e. The molecule has 17 heavy (non-hydrogen) atoms. The average Bonchev–Trinajstić information content (AvgIpc) is 2.28. The molecule has 0 fully saturated rings. The standard InChI is InChI=1S/C12H17ClN2O2/c1-12(2,8-16)15(3)11(17)14-10-6-4-5-9(13)7-10/h4-7,16H,8H2,1-3H3,(H,14,17). The summed E-state index contributed by atoms with van der Waals surface area (Å²) in [4.78, 5) is 13.3. The summed E-state index contributed by atoms with van der Waals surface area (Å²) in [5.41, 5.74) is 0.0194. The zero-order chi connectivity index (χ0) is 13.1. The molecule has 0 unspecified atom stereocenters. The number of hydrogen-bond donors (Lipinski definition) is 2. The van der Waals surface area contributed by atoms with Crippen molar-refractivity contribution in [2.45, 2.75) is 19.4 Å². The molecule has 4 nitrogen and oxygen atoms in total. The summed E-state index contributed by atoms with van der Waals surface area (Å²) >= 11 is 5.82. The molecular weight excluding hydrogens is 240 g/mol. The highest BCUT2D eigenvalue weighted by molar-refractivity contribution is 6.30. The molecule has 0 aromatic heterocycles. The Morgan fingerprint density at radius 1 is 1.53 bits per heavy atom. The molecule has 94 valence electrons. The second-order valence-electron chi connectivity index (χ2n) is 4.47. The van der Waals surface area contributed by atoms with Crippen LogP contribution in [0.4, 0.5) is 10.5 Å². The maximum absolute atomic E-state index is 11.9. The molecule has 2 N–H and O–H groups in total. The van der Waals surface area contributed by atoms with Gasteiger partial charge in [0.1, 0.15) is 0 Å². The van der Waals surface area contributed by atoms with Crippen LogP contribution in [0.3, 0.4) is 0 Å². The minimum absolute atomic E-state index is 0.105. The lowest BCUT2D eigenvalue weighted by atomic mass is 10.1. The second-order valence-corrected chi connectivity index (χ2v) is 4.91. The van der Waals surface area contributed by atoms with E-state index in [-0.39, 0.29) is 12.6 Å². The van der Waals surface area contributed by atoms with Crippen LogP contribution >= 0.6 is 11.6 Å². The zero-order valence-corrected chi connectivity index (χ0v) is 11.0. The van der Waals surface area contributed by atoms with Crippen LogP contribution < -0.4 is 5.32 Å². The molecule has 5 heteroatoms. The number of nitrogens with zero attached hydrogens (tertiary/aromatic N) is 1. The number of aliphatic hydroxyl groups is 1. The van der Waals surface area contributed by atoms with Crippen LogP contribution in [0.2, 0.25) is 5.02 Å². The molecule has 0 radical (unpaired) electrons. The third-order valence-corrected chi connectivity index (χ3v) is 2.91. The van der Waals surface area contributed by atoms with Crippen molar-refractivity contribution >= 4 is 23.3 Å². The maximum atomic E-state index is 11.9. The van der Waals surface area contributed by atoms with Gasteiger partial charge in [-0.1, -0.05) is 17.7 Å². The summed E-state index contributed by atoms with van der Waals surface area (Å²) in [5, 5.41) is 12.5. The molecule has 1 aromatic rings. The number of amides is 2. The Morgan fingerprint density at radius 2 is 2.18 bits per heavy atom. The van der Waals surface area contributed by atoms with E-state index in [2.05, 4.69) is 5.32 Å². The monoisotopic (exact) mass is 256 g/mol. The van der Waals surface area contributed by atoms with Gasteiger partial charge in [-0.05, 0) is 32.0 Å². The lowest BCUT2D eigenvalue weighted by molar-refractivity contribution is 0.104. The molecular formula is C12H17ClN2O2. The van der Waals surface area contributed by atoms with Gasteiger partial charge >= 0.3 is 6.03 Å². The van der Waals surface area contributed by atoms with E-state index >= 15 is 0 Å². The molecule has 1 rings (SSSR count). The first kappa shape index (κ1) is 13.8. The number of aliphatic hydroxyl groups excluding tert-OH is 1. The second kappa shape index (κ2) is 5.38. The number of nitrogens with one attached hydrogen (secondary N) is 1. The van der Waals surface area contributed by atoms with Crippen molar-refractivity contribution in [2.24, 2.45) is 0 Å². The number of anilines is 1. The Labute approximate surface area is 106 Å². The van der Waals surface area contributed by atoms with Gasteiger partial charge in [0, 0.05) is 17.8 Å². The summed E-state index contributed by atoms with van der Waals surface area (Å²) < 4.78 is 0. The van der Waals surface area contributed by atoms with Crippen molar-refractivity contribution in [2.75, 3.05) is 19.0 Å². The van der Waals surface area contributed by atoms with Gasteiger partial charge in [0.15, 0.2) is 0 Å². The molecule has 0 atom stereocenters. The van der Waals surface area contributed by atoms with Gasteiger partial charge < -0.3 is 15.3 Å². The Hall–Kier alpha value is -1.26. The highest BCUT2D eigenvalue weighted by Gasteiger charge is 2.26. The number of benzene rings is 1. The van der Waals surface area contributed by atoms with E-state index in [4.69, 9.17) is 11.6 Å². The topological polar surface area (TPSA) is 52.6 Å². The number of likely N-dealkylation sites (N-methyl/N-ethyl adjacent to an activating group) is 1. The molecule has 0 saturated heterocycles. The van der Waals surface area contributed by atoms with Crippen LogP contribution in [0.25, 0.3) is 0 Å². The van der Waals surface area contributed by atoms with E-state index in [1.54, 1.807) is 45.2 Å². The smallest absolute Gasteiger partial charge is 0.322 e. The molecule has 0 heterocycles. The lowest BCUT2D eigenvalue weighted by Crippen LogP contribution is -2.49. The van der Waals surface area contributed by atoms with Gasteiger partial charge in [0.25, 0.3) is 0 Å². The third-order valence-electron chi connectivity index (χ3n) is 2.68. The van der Waals surface area contributed by atoms with Crippen LogP contribution in [-0.2, 0) is 0 Å². The summed E-state index contributed by atoms with van der Waals surface area (Å²) in [7, 11) is 1.64. The predicted molar refractivity (Wildman–Crippen MR) is 69.4 cm³/mol. The quantitative estimate of drug-likeness (QED) is 0.873. The van der Waals surface area contributed by atoms with E-state index in [9.17, 15) is 9.90 Å². The first-order valence-electron chi connectivity index (χ1n) is 5.28. The van der Waals surface area contributed by atoms with E-state index in [1.807, 2.05) is 0 Å². The average molecular weight is 257 g/mol.